The van der Waals surface area contributed by atoms with Gasteiger partial charge in [0.25, 0.3) is 0 Å². The van der Waals surface area contributed by atoms with E-state index in [1.54, 1.807) is 13.8 Å². The summed E-state index contributed by atoms with van der Waals surface area (Å²) in [7, 11) is 0. The summed E-state index contributed by atoms with van der Waals surface area (Å²) < 4.78 is 15.2. The molecule has 156 valence electrons. The fourth-order valence-electron chi connectivity index (χ4n) is 2.21. The normalized spacial score (nSPS) is 13.2. The van der Waals surface area contributed by atoms with Gasteiger partial charge in [-0.2, -0.15) is 0 Å². The van der Waals surface area contributed by atoms with Gasteiger partial charge in [-0.05, 0) is 25.3 Å². The van der Waals surface area contributed by atoms with Crippen molar-refractivity contribution in [1.29, 1.82) is 0 Å². The first kappa shape index (κ1) is 23.8. The third kappa shape index (κ3) is 7.76. The zero-order chi connectivity index (χ0) is 21.2. The van der Waals surface area contributed by atoms with Gasteiger partial charge >= 0.3 is 18.0 Å². The molecule has 0 saturated carbocycles. The fraction of sp³-hybridized carbons (Fsp3) is 0.550. The van der Waals surface area contributed by atoms with Crippen LogP contribution in [-0.2, 0) is 30.4 Å². The number of benzene rings is 1. The molecule has 0 saturated heterocycles. The summed E-state index contributed by atoms with van der Waals surface area (Å²) in [5, 5.41) is 2.56. The second kappa shape index (κ2) is 11.5. The molecular weight excluding hydrogens is 386 g/mol. The number of alkyl carbamates (subject to hydrolysis) is 1. The summed E-state index contributed by atoms with van der Waals surface area (Å²) >= 11 is 5.40. The Bertz CT molecular complexity index is 649. The molecule has 1 N–H and O–H groups in total. The number of rotatable bonds is 10. The number of amides is 1. The van der Waals surface area contributed by atoms with Crippen molar-refractivity contribution in [1.82, 2.24) is 5.32 Å². The summed E-state index contributed by atoms with van der Waals surface area (Å²) in [6.45, 7) is 6.76. The van der Waals surface area contributed by atoms with E-state index in [1.165, 1.54) is 0 Å². The van der Waals surface area contributed by atoms with Crippen LogP contribution >= 0.6 is 11.6 Å². The van der Waals surface area contributed by atoms with Gasteiger partial charge in [0.1, 0.15) is 19.3 Å². The molecule has 1 aromatic carbocycles. The van der Waals surface area contributed by atoms with E-state index in [-0.39, 0.29) is 25.2 Å². The summed E-state index contributed by atoms with van der Waals surface area (Å²) in [6.07, 6.45) is -0.0805. The molecule has 0 unspecified atom stereocenters. The van der Waals surface area contributed by atoms with Gasteiger partial charge in [0.05, 0.1) is 5.41 Å². The highest BCUT2D eigenvalue weighted by molar-refractivity contribution is 6.17. The number of ether oxygens (including phenoxy) is 3. The number of carbonyl (C=O) groups is 3. The maximum Gasteiger partial charge on any atom is 0.408 e. The predicted octanol–water partition coefficient (Wildman–Crippen LogP) is 3.64. The van der Waals surface area contributed by atoms with Crippen molar-refractivity contribution < 1.29 is 28.6 Å². The molecule has 0 radical (unpaired) electrons. The quantitative estimate of drug-likeness (QED) is 0.357. The maximum atomic E-state index is 12.5. The zero-order valence-corrected chi connectivity index (χ0v) is 17.5. The van der Waals surface area contributed by atoms with Crippen LogP contribution in [0.1, 0.15) is 39.7 Å². The minimum atomic E-state index is -1.06. The van der Waals surface area contributed by atoms with Gasteiger partial charge < -0.3 is 19.5 Å². The Morgan fingerprint density at radius 1 is 1.11 bits per heavy atom. The Kier molecular flexibility index (Phi) is 9.79. The van der Waals surface area contributed by atoms with Gasteiger partial charge in [-0.25, -0.2) is 9.59 Å². The van der Waals surface area contributed by atoms with Crippen molar-refractivity contribution in [3.63, 3.8) is 0 Å². The van der Waals surface area contributed by atoms with Crippen molar-refractivity contribution in [3.8, 4) is 0 Å². The minimum Gasteiger partial charge on any atom is -0.463 e. The summed E-state index contributed by atoms with van der Waals surface area (Å²) in [4.78, 5) is 36.5. The lowest BCUT2D eigenvalue weighted by Crippen LogP contribution is -2.47. The lowest BCUT2D eigenvalue weighted by molar-refractivity contribution is -0.161. The van der Waals surface area contributed by atoms with Crippen LogP contribution in [0.25, 0.3) is 0 Å². The van der Waals surface area contributed by atoms with Crippen molar-refractivity contribution >= 4 is 29.6 Å². The molecule has 0 heterocycles. The molecule has 1 amide bonds. The average molecular weight is 414 g/mol. The molecule has 8 heteroatoms. The van der Waals surface area contributed by atoms with E-state index in [0.717, 1.165) is 5.56 Å². The van der Waals surface area contributed by atoms with Gasteiger partial charge in [-0.15, -0.1) is 0 Å². The summed E-state index contributed by atoms with van der Waals surface area (Å²) in [6, 6.07) is 8.03. The Labute approximate surface area is 170 Å². The zero-order valence-electron chi connectivity index (χ0n) is 16.7. The minimum absolute atomic E-state index is 0.0895. The molecule has 1 rings (SSSR count). The molecule has 0 aliphatic rings. The number of alkyl halides is 1. The maximum absolute atomic E-state index is 12.5. The van der Waals surface area contributed by atoms with Crippen LogP contribution in [0.4, 0.5) is 4.79 Å². The van der Waals surface area contributed by atoms with E-state index in [9.17, 15) is 14.4 Å². The highest BCUT2D eigenvalue weighted by Crippen LogP contribution is 2.19. The second-order valence-corrected chi connectivity index (χ2v) is 7.32. The standard InChI is InChI=1S/C20H28ClNO6/c1-5-14(2)16(17(23)27-12-20(3,4)18(24)28-13-21)22-19(25)26-11-15-9-7-6-8-10-15/h6-10,14,16H,5,11-13H2,1-4H3,(H,22,25)/t14-,16-/m0/s1. The van der Waals surface area contributed by atoms with E-state index >= 15 is 0 Å². The van der Waals surface area contributed by atoms with Gasteiger partial charge in [-0.1, -0.05) is 62.2 Å². The number of nitrogens with one attached hydrogen (secondary N) is 1. The van der Waals surface area contributed by atoms with Crippen LogP contribution < -0.4 is 5.32 Å². The topological polar surface area (TPSA) is 90.9 Å². The van der Waals surface area contributed by atoms with Gasteiger partial charge in [0.2, 0.25) is 0 Å². The Balaban J connectivity index is 2.64. The molecule has 1 aromatic rings. The van der Waals surface area contributed by atoms with E-state index in [1.807, 2.05) is 44.2 Å². The van der Waals surface area contributed by atoms with Crippen molar-refractivity contribution in [2.24, 2.45) is 11.3 Å². The Hall–Kier alpha value is -2.28. The molecule has 2 atom stereocenters. The lowest BCUT2D eigenvalue weighted by Gasteiger charge is -2.26. The van der Waals surface area contributed by atoms with Crippen LogP contribution in [0.2, 0.25) is 0 Å². The molecule has 0 fully saturated rings. The van der Waals surface area contributed by atoms with Crippen LogP contribution in [0.15, 0.2) is 30.3 Å². The second-order valence-electron chi connectivity index (χ2n) is 7.10. The lowest BCUT2D eigenvalue weighted by atomic mass is 9.95. The number of hydrogen-bond donors (Lipinski definition) is 1. The molecule has 0 bridgehead atoms. The third-order valence-corrected chi connectivity index (χ3v) is 4.38. The first-order valence-corrected chi connectivity index (χ1v) is 9.61. The number of halogens is 1. The average Bonchev–Trinajstić information content (AvgIpc) is 2.69. The van der Waals surface area contributed by atoms with Crippen LogP contribution in [0, 0.1) is 11.3 Å². The molecule has 0 spiro atoms. The Morgan fingerprint density at radius 3 is 2.32 bits per heavy atom. The molecule has 0 aliphatic carbocycles. The van der Waals surface area contributed by atoms with Crippen LogP contribution in [0.5, 0.6) is 0 Å². The third-order valence-electron chi connectivity index (χ3n) is 4.27. The number of esters is 2. The van der Waals surface area contributed by atoms with Gasteiger partial charge in [0.15, 0.2) is 6.07 Å². The largest absolute Gasteiger partial charge is 0.463 e. The van der Waals surface area contributed by atoms with Crippen molar-refractivity contribution in [2.45, 2.75) is 46.8 Å². The molecule has 0 aromatic heterocycles. The van der Waals surface area contributed by atoms with E-state index < -0.39 is 29.5 Å². The highest BCUT2D eigenvalue weighted by Gasteiger charge is 2.34. The van der Waals surface area contributed by atoms with E-state index in [4.69, 9.17) is 25.8 Å². The summed E-state index contributed by atoms with van der Waals surface area (Å²) in [5.41, 5.74) is -0.224. The van der Waals surface area contributed by atoms with E-state index in [2.05, 4.69) is 5.32 Å². The first-order valence-electron chi connectivity index (χ1n) is 9.08. The SMILES string of the molecule is CC[C@H](C)[C@H](NC(=O)OCc1ccccc1)C(=O)OCC(C)(C)C(=O)OCCl. The highest BCUT2D eigenvalue weighted by atomic mass is 35.5. The molecular formula is C20H28ClNO6. The van der Waals surface area contributed by atoms with Gasteiger partial charge in [0, 0.05) is 0 Å². The van der Waals surface area contributed by atoms with Gasteiger partial charge in [-0.3, -0.25) is 4.79 Å². The molecule has 7 nitrogen and oxygen atoms in total. The number of carbonyl (C=O) groups excluding carboxylic acids is 3. The van der Waals surface area contributed by atoms with Crippen LogP contribution in [-0.4, -0.2) is 36.7 Å². The van der Waals surface area contributed by atoms with E-state index in [0.29, 0.717) is 6.42 Å². The van der Waals surface area contributed by atoms with Crippen LogP contribution in [0.3, 0.4) is 0 Å². The Morgan fingerprint density at radius 2 is 1.75 bits per heavy atom. The molecule has 28 heavy (non-hydrogen) atoms. The van der Waals surface area contributed by atoms with Crippen molar-refractivity contribution in [3.05, 3.63) is 35.9 Å². The van der Waals surface area contributed by atoms with Crippen molar-refractivity contribution in [2.75, 3.05) is 12.7 Å². The summed E-state index contributed by atoms with van der Waals surface area (Å²) in [5.74, 6) is -1.40. The smallest absolute Gasteiger partial charge is 0.408 e. The predicted molar refractivity (Wildman–Crippen MR) is 105 cm³/mol. The molecule has 0 aliphatic heterocycles. The fourth-order valence-corrected chi connectivity index (χ4v) is 2.31. The monoisotopic (exact) mass is 413 g/mol. The number of hydrogen-bond acceptors (Lipinski definition) is 6. The first-order chi connectivity index (χ1) is 13.2.